The van der Waals surface area contributed by atoms with Crippen molar-refractivity contribution in [3.05, 3.63) is 0 Å². The first-order chi connectivity index (χ1) is 3.90. The van der Waals surface area contributed by atoms with Crippen LogP contribution in [0, 0.1) is 5.92 Å². The van der Waals surface area contributed by atoms with Crippen molar-refractivity contribution in [2.24, 2.45) is 11.7 Å². The fourth-order valence-electron chi connectivity index (χ4n) is 1.83. The molecule has 3 N–H and O–H groups in total. The number of nitrogens with two attached hydrogens (primary N) is 1. The molecule has 2 heterocycles. The molecule has 3 aliphatic rings. The summed E-state index contributed by atoms with van der Waals surface area (Å²) in [5, 5.41) is 3.45. The first-order valence-electron chi connectivity index (χ1n) is 3.36. The summed E-state index contributed by atoms with van der Waals surface area (Å²) in [6.45, 7) is 0.834. The molecule has 46 valence electrons. The standard InChI is InChI=1S/C6H12N2/c7-3-6-4-1-5(2-4)8-6/h4-6,8H,1-3,7H2. The molecular formula is C6H12N2. The first kappa shape index (κ1) is 4.77. The molecule has 1 atom stereocenters. The Balaban J connectivity index is 2.00. The largest absolute Gasteiger partial charge is 0.329 e. The lowest BCUT2D eigenvalue weighted by Crippen LogP contribution is -2.30. The lowest BCUT2D eigenvalue weighted by molar-refractivity contribution is 0.352. The lowest BCUT2D eigenvalue weighted by atomic mass is 9.83. The van der Waals surface area contributed by atoms with E-state index < -0.39 is 0 Å². The third-order valence-corrected chi connectivity index (χ3v) is 2.45. The van der Waals surface area contributed by atoms with Crippen molar-refractivity contribution >= 4 is 0 Å². The van der Waals surface area contributed by atoms with E-state index in [0.29, 0.717) is 6.04 Å². The SMILES string of the molecule is NCC1NC2CC1C2. The van der Waals surface area contributed by atoms with Crippen LogP contribution in [0.1, 0.15) is 12.8 Å². The van der Waals surface area contributed by atoms with Gasteiger partial charge in [0.05, 0.1) is 0 Å². The molecule has 1 aliphatic carbocycles. The van der Waals surface area contributed by atoms with Crippen LogP contribution in [0.5, 0.6) is 0 Å². The fourth-order valence-corrected chi connectivity index (χ4v) is 1.83. The molecule has 0 aromatic carbocycles. The van der Waals surface area contributed by atoms with E-state index in [9.17, 15) is 0 Å². The van der Waals surface area contributed by atoms with Gasteiger partial charge in [0.15, 0.2) is 0 Å². The molecule has 0 amide bonds. The van der Waals surface area contributed by atoms with Crippen molar-refractivity contribution in [3.8, 4) is 0 Å². The van der Waals surface area contributed by atoms with Crippen LogP contribution in [0.4, 0.5) is 0 Å². The summed E-state index contributed by atoms with van der Waals surface area (Å²) in [5.41, 5.74) is 5.49. The summed E-state index contributed by atoms with van der Waals surface area (Å²) < 4.78 is 0. The molecule has 2 heteroatoms. The number of nitrogens with one attached hydrogen (secondary N) is 1. The molecule has 0 aromatic rings. The predicted octanol–water partition coefficient (Wildman–Crippen LogP) is -0.305. The number of hydrogen-bond acceptors (Lipinski definition) is 2. The normalized spacial score (nSPS) is 51.4. The van der Waals surface area contributed by atoms with Crippen molar-refractivity contribution in [1.29, 1.82) is 0 Å². The summed E-state index contributed by atoms with van der Waals surface area (Å²) in [6.07, 6.45) is 2.78. The lowest BCUT2D eigenvalue weighted by Gasteiger charge is -2.21. The van der Waals surface area contributed by atoms with Crippen LogP contribution in [0.25, 0.3) is 0 Å². The maximum absolute atomic E-state index is 5.49. The second-order valence-corrected chi connectivity index (χ2v) is 2.94. The van der Waals surface area contributed by atoms with Crippen LogP contribution in [0.3, 0.4) is 0 Å². The fraction of sp³-hybridized carbons (Fsp3) is 1.00. The molecule has 0 aromatic heterocycles. The van der Waals surface area contributed by atoms with E-state index in [1.54, 1.807) is 0 Å². The van der Waals surface area contributed by atoms with E-state index in [1.165, 1.54) is 12.8 Å². The Hall–Kier alpha value is -0.0800. The van der Waals surface area contributed by atoms with Crippen LogP contribution in [0.15, 0.2) is 0 Å². The first-order valence-corrected chi connectivity index (χ1v) is 3.36. The van der Waals surface area contributed by atoms with Crippen molar-refractivity contribution in [3.63, 3.8) is 0 Å². The van der Waals surface area contributed by atoms with Crippen molar-refractivity contribution < 1.29 is 0 Å². The van der Waals surface area contributed by atoms with Crippen LogP contribution in [0.2, 0.25) is 0 Å². The zero-order valence-corrected chi connectivity index (χ0v) is 4.93. The van der Waals surface area contributed by atoms with Crippen molar-refractivity contribution in [2.45, 2.75) is 24.9 Å². The average molecular weight is 112 g/mol. The Morgan fingerprint density at radius 1 is 1.50 bits per heavy atom. The van der Waals surface area contributed by atoms with Gasteiger partial charge in [0.2, 0.25) is 0 Å². The molecule has 8 heavy (non-hydrogen) atoms. The van der Waals surface area contributed by atoms with Gasteiger partial charge in [0.1, 0.15) is 0 Å². The third kappa shape index (κ3) is 0.446. The maximum atomic E-state index is 5.49. The Morgan fingerprint density at radius 3 is 2.50 bits per heavy atom. The molecule has 2 nitrogen and oxygen atoms in total. The van der Waals surface area contributed by atoms with E-state index in [1.807, 2.05) is 0 Å². The monoisotopic (exact) mass is 112 g/mol. The molecule has 0 radical (unpaired) electrons. The summed E-state index contributed by atoms with van der Waals surface area (Å²) in [6, 6.07) is 1.51. The average Bonchev–Trinajstić information content (AvgIpc) is 2.15. The summed E-state index contributed by atoms with van der Waals surface area (Å²) in [7, 11) is 0. The van der Waals surface area contributed by atoms with Crippen LogP contribution < -0.4 is 11.1 Å². The molecule has 2 saturated heterocycles. The quantitative estimate of drug-likeness (QED) is 0.488. The van der Waals surface area contributed by atoms with E-state index >= 15 is 0 Å². The molecule has 1 unspecified atom stereocenters. The second kappa shape index (κ2) is 1.45. The molecule has 3 fully saturated rings. The zero-order valence-electron chi connectivity index (χ0n) is 4.93. The third-order valence-electron chi connectivity index (χ3n) is 2.45. The van der Waals surface area contributed by atoms with Gasteiger partial charge in [0.25, 0.3) is 0 Å². The van der Waals surface area contributed by atoms with Crippen LogP contribution >= 0.6 is 0 Å². The Labute approximate surface area is 49.4 Å². The smallest absolute Gasteiger partial charge is 0.0222 e. The Kier molecular flexibility index (Phi) is 0.866. The molecule has 1 saturated carbocycles. The van der Waals surface area contributed by atoms with Crippen LogP contribution in [-0.2, 0) is 0 Å². The van der Waals surface area contributed by atoms with Crippen molar-refractivity contribution in [1.82, 2.24) is 5.32 Å². The number of rotatable bonds is 1. The molecule has 3 rings (SSSR count). The Bertz CT molecular complexity index is 96.7. The van der Waals surface area contributed by atoms with Gasteiger partial charge in [-0.3, -0.25) is 0 Å². The molecular weight excluding hydrogens is 100 g/mol. The number of hydrogen-bond donors (Lipinski definition) is 2. The Morgan fingerprint density at radius 2 is 2.25 bits per heavy atom. The molecule has 2 aliphatic heterocycles. The number of fused-ring (bicyclic) bond motifs is 1. The minimum atomic E-state index is 0.667. The van der Waals surface area contributed by atoms with Crippen LogP contribution in [-0.4, -0.2) is 18.6 Å². The van der Waals surface area contributed by atoms with Gasteiger partial charge in [-0.25, -0.2) is 0 Å². The molecule has 2 bridgehead atoms. The topological polar surface area (TPSA) is 38.0 Å². The summed E-state index contributed by atoms with van der Waals surface area (Å²) >= 11 is 0. The second-order valence-electron chi connectivity index (χ2n) is 2.94. The highest BCUT2D eigenvalue weighted by molar-refractivity contribution is 5.01. The minimum Gasteiger partial charge on any atom is -0.329 e. The minimum absolute atomic E-state index is 0.667. The highest BCUT2D eigenvalue weighted by atomic mass is 15.1. The van der Waals surface area contributed by atoms with E-state index in [4.69, 9.17) is 5.73 Å². The van der Waals surface area contributed by atoms with Gasteiger partial charge in [-0.2, -0.15) is 0 Å². The predicted molar refractivity (Wildman–Crippen MR) is 32.5 cm³/mol. The zero-order chi connectivity index (χ0) is 5.56. The molecule has 0 spiro atoms. The van der Waals surface area contributed by atoms with Gasteiger partial charge in [-0.05, 0) is 18.8 Å². The summed E-state index contributed by atoms with van der Waals surface area (Å²) in [5.74, 6) is 0.935. The van der Waals surface area contributed by atoms with E-state index in [0.717, 1.165) is 18.5 Å². The van der Waals surface area contributed by atoms with Gasteiger partial charge in [-0.1, -0.05) is 0 Å². The highest BCUT2D eigenvalue weighted by Crippen LogP contribution is 2.37. The van der Waals surface area contributed by atoms with Gasteiger partial charge >= 0.3 is 0 Å². The van der Waals surface area contributed by atoms with Crippen molar-refractivity contribution in [2.75, 3.05) is 6.54 Å². The van der Waals surface area contributed by atoms with E-state index in [-0.39, 0.29) is 0 Å². The van der Waals surface area contributed by atoms with E-state index in [2.05, 4.69) is 5.32 Å². The maximum Gasteiger partial charge on any atom is 0.0222 e. The highest BCUT2D eigenvalue weighted by Gasteiger charge is 2.42. The van der Waals surface area contributed by atoms with Gasteiger partial charge in [0, 0.05) is 18.6 Å². The summed E-state index contributed by atoms with van der Waals surface area (Å²) in [4.78, 5) is 0. The van der Waals surface area contributed by atoms with Gasteiger partial charge < -0.3 is 11.1 Å². The van der Waals surface area contributed by atoms with Gasteiger partial charge in [-0.15, -0.1) is 0 Å².